The molecule has 1 fully saturated rings. The molecule has 20 heavy (non-hydrogen) atoms. The molecule has 0 saturated carbocycles. The van der Waals surface area contributed by atoms with E-state index in [-0.39, 0.29) is 16.3 Å². The third-order valence-electron chi connectivity index (χ3n) is 3.61. The topological polar surface area (TPSA) is 37.4 Å². The van der Waals surface area contributed by atoms with Crippen molar-refractivity contribution in [3.05, 3.63) is 35.4 Å². The van der Waals surface area contributed by atoms with Crippen LogP contribution in [0.25, 0.3) is 0 Å². The third kappa shape index (κ3) is 4.10. The first-order valence-corrected chi connectivity index (χ1v) is 7.99. The summed E-state index contributed by atoms with van der Waals surface area (Å²) in [5.41, 5.74) is 2.60. The number of amides is 1. The van der Waals surface area contributed by atoms with Gasteiger partial charge in [-0.15, -0.1) is 0 Å². The molecule has 1 aliphatic heterocycles. The number of carbonyl (C=O) groups excluding carboxylic acids is 2. The molecule has 0 radical (unpaired) electrons. The van der Waals surface area contributed by atoms with E-state index in [4.69, 9.17) is 0 Å². The Bertz CT molecular complexity index is 484. The van der Waals surface area contributed by atoms with E-state index in [0.717, 1.165) is 19.4 Å². The second-order valence-electron chi connectivity index (χ2n) is 5.20. The number of benzene rings is 1. The summed E-state index contributed by atoms with van der Waals surface area (Å²) in [5, 5.41) is 0.238. The molecular weight excluding hydrogens is 270 g/mol. The molecule has 1 atom stereocenters. The molecule has 1 aromatic carbocycles. The van der Waals surface area contributed by atoms with Gasteiger partial charge in [0.1, 0.15) is 0 Å². The molecule has 1 heterocycles. The lowest BCUT2D eigenvalue weighted by Crippen LogP contribution is -2.27. The van der Waals surface area contributed by atoms with Crippen LogP contribution in [0.2, 0.25) is 0 Å². The molecule has 1 aromatic rings. The fourth-order valence-electron chi connectivity index (χ4n) is 2.47. The van der Waals surface area contributed by atoms with E-state index in [1.54, 1.807) is 6.92 Å². The molecule has 0 bridgehead atoms. The first-order valence-electron chi connectivity index (χ1n) is 7.11. The Hall–Kier alpha value is -1.29. The molecule has 4 heteroatoms. The van der Waals surface area contributed by atoms with E-state index in [9.17, 15) is 9.59 Å². The number of hydrogen-bond donors (Lipinski definition) is 0. The van der Waals surface area contributed by atoms with E-state index in [1.807, 2.05) is 4.90 Å². The zero-order valence-corrected chi connectivity index (χ0v) is 12.9. The van der Waals surface area contributed by atoms with Crippen molar-refractivity contribution in [2.24, 2.45) is 0 Å². The van der Waals surface area contributed by atoms with Gasteiger partial charge in [0.2, 0.25) is 5.91 Å². The van der Waals surface area contributed by atoms with E-state index < -0.39 is 0 Å². The number of hydrogen-bond acceptors (Lipinski definition) is 3. The van der Waals surface area contributed by atoms with Crippen molar-refractivity contribution in [3.63, 3.8) is 0 Å². The maximum atomic E-state index is 11.9. The van der Waals surface area contributed by atoms with E-state index in [0.29, 0.717) is 13.0 Å². The summed E-state index contributed by atoms with van der Waals surface area (Å²) >= 11 is 1.29. The largest absolute Gasteiger partial charge is 0.341 e. The van der Waals surface area contributed by atoms with Gasteiger partial charge >= 0.3 is 0 Å². The van der Waals surface area contributed by atoms with Crippen LogP contribution in [0.15, 0.2) is 24.3 Å². The molecule has 0 aromatic heterocycles. The molecular formula is C16H21NO2S. The molecule has 1 aliphatic rings. The second kappa shape index (κ2) is 6.93. The van der Waals surface area contributed by atoms with E-state index in [2.05, 4.69) is 31.2 Å². The van der Waals surface area contributed by atoms with Gasteiger partial charge in [-0.1, -0.05) is 43.0 Å². The Morgan fingerprint density at radius 1 is 1.30 bits per heavy atom. The third-order valence-corrected chi connectivity index (χ3v) is 4.59. The van der Waals surface area contributed by atoms with E-state index in [1.165, 1.54) is 22.9 Å². The summed E-state index contributed by atoms with van der Waals surface area (Å²) in [6.45, 7) is 5.16. The number of nitrogens with zero attached hydrogens (tertiary/aromatic N) is 1. The minimum absolute atomic E-state index is 0.0970. The molecule has 108 valence electrons. The van der Waals surface area contributed by atoms with Gasteiger partial charge in [0.15, 0.2) is 5.12 Å². The van der Waals surface area contributed by atoms with Crippen LogP contribution in [0.4, 0.5) is 0 Å². The molecule has 1 unspecified atom stereocenters. The highest BCUT2D eigenvalue weighted by atomic mass is 32.2. The van der Waals surface area contributed by atoms with Crippen molar-refractivity contribution in [3.8, 4) is 0 Å². The minimum atomic E-state index is 0.0970. The number of aryl methyl sites for hydroxylation is 1. The Balaban J connectivity index is 1.84. The fraction of sp³-hybridized carbons (Fsp3) is 0.500. The summed E-state index contributed by atoms with van der Waals surface area (Å²) in [7, 11) is 0. The van der Waals surface area contributed by atoms with Gasteiger partial charge in [0, 0.05) is 31.7 Å². The highest BCUT2D eigenvalue weighted by Crippen LogP contribution is 2.24. The van der Waals surface area contributed by atoms with Gasteiger partial charge in [-0.05, 0) is 24.0 Å². The van der Waals surface area contributed by atoms with Gasteiger partial charge in [0.25, 0.3) is 0 Å². The molecule has 3 nitrogen and oxygen atoms in total. The standard InChI is InChI=1S/C16H21NO2S/c1-3-13-4-6-14(7-5-13)8-9-17-11-15(10-16(17)19)20-12(2)18/h4-7,15H,3,8-11H2,1-2H3. The van der Waals surface area contributed by atoms with Crippen molar-refractivity contribution in [2.75, 3.05) is 13.1 Å². The first kappa shape index (κ1) is 15.1. The van der Waals surface area contributed by atoms with Crippen LogP contribution in [-0.4, -0.2) is 34.3 Å². The number of likely N-dealkylation sites (tertiary alicyclic amines) is 1. The Morgan fingerprint density at radius 2 is 1.95 bits per heavy atom. The van der Waals surface area contributed by atoms with Crippen LogP contribution >= 0.6 is 11.8 Å². The maximum Gasteiger partial charge on any atom is 0.223 e. The summed E-state index contributed by atoms with van der Waals surface area (Å²) in [6.07, 6.45) is 2.43. The zero-order valence-electron chi connectivity index (χ0n) is 12.1. The van der Waals surface area contributed by atoms with Crippen molar-refractivity contribution < 1.29 is 9.59 Å². The quantitative estimate of drug-likeness (QED) is 0.837. The zero-order chi connectivity index (χ0) is 14.5. The molecule has 0 spiro atoms. The van der Waals surface area contributed by atoms with Crippen LogP contribution in [-0.2, 0) is 22.4 Å². The van der Waals surface area contributed by atoms with Gasteiger partial charge in [-0.2, -0.15) is 0 Å². The first-order chi connectivity index (χ1) is 9.58. The van der Waals surface area contributed by atoms with Crippen LogP contribution in [0.1, 0.15) is 31.4 Å². The predicted octanol–water partition coefficient (Wildman–Crippen LogP) is 2.67. The number of carbonyl (C=O) groups is 2. The monoisotopic (exact) mass is 291 g/mol. The molecule has 0 N–H and O–H groups in total. The summed E-state index contributed by atoms with van der Waals surface area (Å²) in [5.74, 6) is 0.175. The molecule has 1 saturated heterocycles. The number of thioether (sulfide) groups is 1. The van der Waals surface area contributed by atoms with Crippen LogP contribution in [0.3, 0.4) is 0 Å². The second-order valence-corrected chi connectivity index (χ2v) is 6.67. The lowest BCUT2D eigenvalue weighted by molar-refractivity contribution is -0.127. The Labute approximate surface area is 124 Å². The van der Waals surface area contributed by atoms with Crippen molar-refractivity contribution >= 4 is 22.8 Å². The van der Waals surface area contributed by atoms with Crippen LogP contribution in [0.5, 0.6) is 0 Å². The SMILES string of the molecule is CCc1ccc(CCN2CC(SC(C)=O)CC2=O)cc1. The molecule has 2 rings (SSSR count). The predicted molar refractivity (Wildman–Crippen MR) is 82.8 cm³/mol. The van der Waals surface area contributed by atoms with E-state index >= 15 is 0 Å². The van der Waals surface area contributed by atoms with Gasteiger partial charge in [0.05, 0.1) is 0 Å². The average molecular weight is 291 g/mol. The van der Waals surface area contributed by atoms with Crippen molar-refractivity contribution in [2.45, 2.75) is 38.4 Å². The minimum Gasteiger partial charge on any atom is -0.341 e. The van der Waals surface area contributed by atoms with Gasteiger partial charge in [-0.25, -0.2) is 0 Å². The average Bonchev–Trinajstić information content (AvgIpc) is 2.76. The fourth-order valence-corrected chi connectivity index (χ4v) is 3.42. The van der Waals surface area contributed by atoms with Crippen molar-refractivity contribution in [1.82, 2.24) is 4.90 Å². The lowest BCUT2D eigenvalue weighted by Gasteiger charge is -2.16. The summed E-state index contributed by atoms with van der Waals surface area (Å²) < 4.78 is 0. The normalized spacial score (nSPS) is 18.6. The Kier molecular flexibility index (Phi) is 5.24. The van der Waals surface area contributed by atoms with Crippen LogP contribution in [0, 0.1) is 0 Å². The van der Waals surface area contributed by atoms with Gasteiger partial charge in [-0.3, -0.25) is 9.59 Å². The Morgan fingerprint density at radius 3 is 2.55 bits per heavy atom. The number of rotatable bonds is 5. The van der Waals surface area contributed by atoms with Gasteiger partial charge < -0.3 is 4.90 Å². The highest BCUT2D eigenvalue weighted by molar-refractivity contribution is 8.14. The van der Waals surface area contributed by atoms with Crippen molar-refractivity contribution in [1.29, 1.82) is 0 Å². The molecule has 1 amide bonds. The summed E-state index contributed by atoms with van der Waals surface area (Å²) in [6, 6.07) is 8.58. The highest BCUT2D eigenvalue weighted by Gasteiger charge is 2.30. The summed E-state index contributed by atoms with van der Waals surface area (Å²) in [4.78, 5) is 24.9. The lowest BCUT2D eigenvalue weighted by atomic mass is 10.1. The van der Waals surface area contributed by atoms with Crippen LogP contribution < -0.4 is 0 Å². The molecule has 0 aliphatic carbocycles. The smallest absolute Gasteiger partial charge is 0.223 e. The maximum absolute atomic E-state index is 11.9.